The van der Waals surface area contributed by atoms with Crippen LogP contribution in [0, 0.1) is 0 Å². The van der Waals surface area contributed by atoms with Gasteiger partial charge in [-0.15, -0.1) is 0 Å². The zero-order valence-electron chi connectivity index (χ0n) is 11.2. The van der Waals surface area contributed by atoms with E-state index in [0.717, 1.165) is 10.4 Å². The third-order valence-electron chi connectivity index (χ3n) is 2.64. The number of hydrogen-bond acceptors (Lipinski definition) is 5. The van der Waals surface area contributed by atoms with Crippen molar-refractivity contribution in [3.05, 3.63) is 35.9 Å². The second-order valence-corrected chi connectivity index (χ2v) is 6.03. The topological polar surface area (TPSA) is 115 Å². The minimum absolute atomic E-state index is 0.0110. The molecule has 0 aliphatic carbocycles. The molecule has 0 saturated heterocycles. The van der Waals surface area contributed by atoms with E-state index in [1.165, 1.54) is 30.3 Å². The molecule has 7 nitrogen and oxygen atoms in total. The molecule has 0 bridgehead atoms. The molecule has 1 rings (SSSR count). The maximum atomic E-state index is 12.3. The fraction of sp³-hybridized carbons (Fsp3) is 0.308. The van der Waals surface area contributed by atoms with Gasteiger partial charge < -0.3 is 15.3 Å². The first kappa shape index (κ1) is 17.3. The Morgan fingerprint density at radius 2 is 1.62 bits per heavy atom. The van der Waals surface area contributed by atoms with E-state index in [9.17, 15) is 13.2 Å². The molecule has 0 atom stereocenters. The monoisotopic (exact) mass is 315 g/mol. The maximum absolute atomic E-state index is 12.3. The molecule has 8 heteroatoms. The molecule has 116 valence electrons. The Morgan fingerprint density at radius 3 is 2.05 bits per heavy atom. The third kappa shape index (κ3) is 4.94. The quantitative estimate of drug-likeness (QED) is 0.570. The maximum Gasteiger partial charge on any atom is 0.328 e. The molecule has 0 unspecified atom stereocenters. The first-order valence-corrected chi connectivity index (χ1v) is 7.58. The Balaban J connectivity index is 3.00. The van der Waals surface area contributed by atoms with Crippen LogP contribution in [0.3, 0.4) is 0 Å². The van der Waals surface area contributed by atoms with Crippen molar-refractivity contribution in [2.75, 3.05) is 26.3 Å². The van der Waals surface area contributed by atoms with Gasteiger partial charge in [-0.1, -0.05) is 12.1 Å². The van der Waals surface area contributed by atoms with Gasteiger partial charge in [0.1, 0.15) is 0 Å². The molecule has 0 aliphatic heterocycles. The van der Waals surface area contributed by atoms with E-state index in [1.807, 2.05) is 0 Å². The van der Waals surface area contributed by atoms with Crippen molar-refractivity contribution >= 4 is 22.1 Å². The van der Waals surface area contributed by atoms with Crippen molar-refractivity contribution in [3.8, 4) is 0 Å². The lowest BCUT2D eigenvalue weighted by atomic mass is 10.2. The van der Waals surface area contributed by atoms with Crippen LogP contribution >= 0.6 is 0 Å². The van der Waals surface area contributed by atoms with Crippen molar-refractivity contribution < 1.29 is 28.5 Å². The van der Waals surface area contributed by atoms with Crippen molar-refractivity contribution in [3.63, 3.8) is 0 Å². The molecule has 1 aromatic rings. The molecule has 0 fully saturated rings. The standard InChI is InChI=1S/C13H17NO6S/c15-9-7-14(8-10-16)21(19,20)12-4-1-11(2-5-12)3-6-13(17)18/h1-6,15-16H,7-10H2,(H,17,18)/b6-3+. The average Bonchev–Trinajstić information content (AvgIpc) is 2.45. The predicted octanol–water partition coefficient (Wildman–Crippen LogP) is -0.240. The van der Waals surface area contributed by atoms with Crippen molar-refractivity contribution in [1.29, 1.82) is 0 Å². The number of aliphatic hydroxyl groups is 2. The number of benzene rings is 1. The highest BCUT2D eigenvalue weighted by Gasteiger charge is 2.23. The zero-order valence-corrected chi connectivity index (χ0v) is 12.0. The van der Waals surface area contributed by atoms with Crippen LogP contribution in [0.2, 0.25) is 0 Å². The molecular weight excluding hydrogens is 298 g/mol. The summed E-state index contributed by atoms with van der Waals surface area (Å²) in [5.41, 5.74) is 0.548. The number of carboxylic acid groups (broad SMARTS) is 1. The third-order valence-corrected chi connectivity index (χ3v) is 4.55. The van der Waals surface area contributed by atoms with Gasteiger partial charge in [0, 0.05) is 19.2 Å². The SMILES string of the molecule is O=C(O)/C=C/c1ccc(S(=O)(=O)N(CCO)CCO)cc1. The van der Waals surface area contributed by atoms with E-state index in [4.69, 9.17) is 15.3 Å². The fourth-order valence-corrected chi connectivity index (χ4v) is 3.06. The minimum atomic E-state index is -3.80. The molecule has 21 heavy (non-hydrogen) atoms. The lowest BCUT2D eigenvalue weighted by molar-refractivity contribution is -0.131. The predicted molar refractivity (Wildman–Crippen MR) is 76.0 cm³/mol. The van der Waals surface area contributed by atoms with Crippen LogP contribution in [0.25, 0.3) is 6.08 Å². The number of carbonyl (C=O) groups is 1. The molecule has 0 amide bonds. The summed E-state index contributed by atoms with van der Waals surface area (Å²) in [5.74, 6) is -1.09. The lowest BCUT2D eigenvalue weighted by Gasteiger charge is -2.20. The number of sulfonamides is 1. The van der Waals surface area contributed by atoms with Crippen LogP contribution in [0.15, 0.2) is 35.2 Å². The van der Waals surface area contributed by atoms with E-state index >= 15 is 0 Å². The second kappa shape index (κ2) is 7.89. The van der Waals surface area contributed by atoms with Gasteiger partial charge in [0.15, 0.2) is 0 Å². The Hall–Kier alpha value is -1.74. The van der Waals surface area contributed by atoms with Crippen LogP contribution in [0.1, 0.15) is 5.56 Å². The highest BCUT2D eigenvalue weighted by Crippen LogP contribution is 2.16. The molecule has 0 heterocycles. The number of carboxylic acids is 1. The Kier molecular flexibility index (Phi) is 6.50. The molecule has 0 aromatic heterocycles. The van der Waals surface area contributed by atoms with Gasteiger partial charge >= 0.3 is 5.97 Å². The molecule has 0 aliphatic rings. The van der Waals surface area contributed by atoms with E-state index < -0.39 is 16.0 Å². The van der Waals surface area contributed by atoms with Crippen LogP contribution < -0.4 is 0 Å². The number of aliphatic hydroxyl groups excluding tert-OH is 2. The Bertz CT molecular complexity index is 588. The highest BCUT2D eigenvalue weighted by atomic mass is 32.2. The van der Waals surface area contributed by atoms with E-state index in [0.29, 0.717) is 5.56 Å². The first-order valence-electron chi connectivity index (χ1n) is 6.14. The molecule has 0 saturated carbocycles. The number of aliphatic carboxylic acids is 1. The molecule has 3 N–H and O–H groups in total. The smallest absolute Gasteiger partial charge is 0.328 e. The van der Waals surface area contributed by atoms with E-state index in [1.54, 1.807) is 0 Å². The van der Waals surface area contributed by atoms with Crippen LogP contribution in [-0.4, -0.2) is 60.3 Å². The van der Waals surface area contributed by atoms with Gasteiger partial charge in [0.2, 0.25) is 10.0 Å². The van der Waals surface area contributed by atoms with Gasteiger partial charge in [0.05, 0.1) is 18.1 Å². The van der Waals surface area contributed by atoms with Crippen LogP contribution in [0.5, 0.6) is 0 Å². The summed E-state index contributed by atoms with van der Waals surface area (Å²) in [5, 5.41) is 26.3. The lowest BCUT2D eigenvalue weighted by Crippen LogP contribution is -2.35. The van der Waals surface area contributed by atoms with Crippen LogP contribution in [-0.2, 0) is 14.8 Å². The van der Waals surface area contributed by atoms with Gasteiger partial charge in [-0.05, 0) is 23.8 Å². The summed E-state index contributed by atoms with van der Waals surface area (Å²) >= 11 is 0. The summed E-state index contributed by atoms with van der Waals surface area (Å²) in [6.07, 6.45) is 2.30. The van der Waals surface area contributed by atoms with Crippen molar-refractivity contribution in [1.82, 2.24) is 4.31 Å². The summed E-state index contributed by atoms with van der Waals surface area (Å²) in [7, 11) is -3.80. The molecular formula is C13H17NO6S. The number of nitrogens with zero attached hydrogens (tertiary/aromatic N) is 1. The molecule has 1 aromatic carbocycles. The fourth-order valence-electron chi connectivity index (χ4n) is 1.64. The zero-order chi connectivity index (χ0) is 15.9. The van der Waals surface area contributed by atoms with Crippen molar-refractivity contribution in [2.24, 2.45) is 0 Å². The largest absolute Gasteiger partial charge is 0.478 e. The highest BCUT2D eigenvalue weighted by molar-refractivity contribution is 7.89. The van der Waals surface area contributed by atoms with Gasteiger partial charge in [-0.3, -0.25) is 0 Å². The van der Waals surface area contributed by atoms with Crippen LogP contribution in [0.4, 0.5) is 0 Å². The Labute approximate surface area is 122 Å². The summed E-state index contributed by atoms with van der Waals surface area (Å²) in [4.78, 5) is 10.4. The number of hydrogen-bond donors (Lipinski definition) is 3. The molecule has 0 spiro atoms. The normalized spacial score (nSPS) is 12.1. The summed E-state index contributed by atoms with van der Waals surface area (Å²) < 4.78 is 25.5. The first-order chi connectivity index (χ1) is 9.91. The summed E-state index contributed by atoms with van der Waals surface area (Å²) in [6, 6.07) is 5.64. The van der Waals surface area contributed by atoms with Gasteiger partial charge in [-0.2, -0.15) is 4.31 Å². The minimum Gasteiger partial charge on any atom is -0.478 e. The molecule has 0 radical (unpaired) electrons. The summed E-state index contributed by atoms with van der Waals surface area (Å²) in [6.45, 7) is -0.912. The van der Waals surface area contributed by atoms with E-state index in [2.05, 4.69) is 0 Å². The Morgan fingerprint density at radius 1 is 1.10 bits per heavy atom. The number of rotatable bonds is 8. The van der Waals surface area contributed by atoms with Gasteiger partial charge in [-0.25, -0.2) is 13.2 Å². The van der Waals surface area contributed by atoms with Gasteiger partial charge in [0.25, 0.3) is 0 Å². The average molecular weight is 315 g/mol. The van der Waals surface area contributed by atoms with E-state index in [-0.39, 0.29) is 31.2 Å². The van der Waals surface area contributed by atoms with Crippen molar-refractivity contribution in [2.45, 2.75) is 4.90 Å². The second-order valence-electron chi connectivity index (χ2n) is 4.09.